The maximum absolute atomic E-state index is 12.6. The molecule has 0 radical (unpaired) electrons. The van der Waals surface area contributed by atoms with Crippen LogP contribution in [0, 0.1) is 10.1 Å². The molecule has 0 aliphatic carbocycles. The Morgan fingerprint density at radius 3 is 2.45 bits per heavy atom. The lowest BCUT2D eigenvalue weighted by Gasteiger charge is -2.21. The molecule has 176 valence electrons. The number of amides is 1. The summed E-state index contributed by atoms with van der Waals surface area (Å²) in [6, 6.07) is 13.5. The van der Waals surface area contributed by atoms with Crippen LogP contribution in [0.25, 0.3) is 0 Å². The summed E-state index contributed by atoms with van der Waals surface area (Å²) in [6.45, 7) is 0.656. The summed E-state index contributed by atoms with van der Waals surface area (Å²) < 4.78 is 10.3. The van der Waals surface area contributed by atoms with Gasteiger partial charge in [0, 0.05) is 19.0 Å². The molecule has 0 saturated heterocycles. The van der Waals surface area contributed by atoms with E-state index in [9.17, 15) is 24.5 Å². The molecule has 0 bridgehead atoms. The van der Waals surface area contributed by atoms with Crippen molar-refractivity contribution in [2.45, 2.75) is 38.6 Å². The molecule has 0 heterocycles. The topological polar surface area (TPSA) is 116 Å². The SMILES string of the molecule is COC(=O)CN(Cc1ccccc1)C(=O)CCCCCCOc1ccc([N+](=O)[O-])c(C=O)c1. The van der Waals surface area contributed by atoms with Gasteiger partial charge in [0.25, 0.3) is 5.69 Å². The lowest BCUT2D eigenvalue weighted by Crippen LogP contribution is -2.35. The first kappa shape index (κ1) is 25.5. The Bertz CT molecular complexity index is 947. The fourth-order valence-corrected chi connectivity index (χ4v) is 3.22. The highest BCUT2D eigenvalue weighted by molar-refractivity contribution is 5.82. The van der Waals surface area contributed by atoms with Gasteiger partial charge in [-0.3, -0.25) is 24.5 Å². The zero-order chi connectivity index (χ0) is 24.1. The zero-order valence-corrected chi connectivity index (χ0v) is 18.6. The fourth-order valence-electron chi connectivity index (χ4n) is 3.22. The number of unbranched alkanes of at least 4 members (excludes halogenated alkanes) is 3. The monoisotopic (exact) mass is 456 g/mol. The van der Waals surface area contributed by atoms with Gasteiger partial charge in [-0.05, 0) is 30.5 Å². The van der Waals surface area contributed by atoms with Gasteiger partial charge in [0.1, 0.15) is 12.3 Å². The van der Waals surface area contributed by atoms with Crippen molar-refractivity contribution in [1.82, 2.24) is 4.90 Å². The number of rotatable bonds is 14. The Morgan fingerprint density at radius 1 is 1.06 bits per heavy atom. The van der Waals surface area contributed by atoms with Gasteiger partial charge in [-0.25, -0.2) is 0 Å². The van der Waals surface area contributed by atoms with E-state index in [2.05, 4.69) is 0 Å². The van der Waals surface area contributed by atoms with E-state index in [1.54, 1.807) is 0 Å². The zero-order valence-electron chi connectivity index (χ0n) is 18.6. The van der Waals surface area contributed by atoms with Gasteiger partial charge in [0.2, 0.25) is 5.91 Å². The number of carbonyl (C=O) groups excluding carboxylic acids is 3. The smallest absolute Gasteiger partial charge is 0.325 e. The van der Waals surface area contributed by atoms with Crippen molar-refractivity contribution in [3.63, 3.8) is 0 Å². The van der Waals surface area contributed by atoms with Crippen LogP contribution >= 0.6 is 0 Å². The van der Waals surface area contributed by atoms with Gasteiger partial charge in [0.15, 0.2) is 6.29 Å². The van der Waals surface area contributed by atoms with E-state index >= 15 is 0 Å². The van der Waals surface area contributed by atoms with Crippen molar-refractivity contribution < 1.29 is 28.8 Å². The molecule has 0 saturated carbocycles. The van der Waals surface area contributed by atoms with Gasteiger partial charge in [-0.15, -0.1) is 0 Å². The van der Waals surface area contributed by atoms with Crippen LogP contribution in [0.4, 0.5) is 5.69 Å². The highest BCUT2D eigenvalue weighted by Gasteiger charge is 2.18. The van der Waals surface area contributed by atoms with Crippen LogP contribution < -0.4 is 4.74 Å². The molecule has 0 atom stereocenters. The second-order valence-corrected chi connectivity index (χ2v) is 7.42. The predicted molar refractivity (Wildman–Crippen MR) is 121 cm³/mol. The minimum absolute atomic E-state index is 0.0250. The first-order valence-electron chi connectivity index (χ1n) is 10.7. The van der Waals surface area contributed by atoms with E-state index in [1.807, 2.05) is 30.3 Å². The molecule has 33 heavy (non-hydrogen) atoms. The van der Waals surface area contributed by atoms with Gasteiger partial charge >= 0.3 is 5.97 Å². The lowest BCUT2D eigenvalue weighted by atomic mass is 10.1. The Labute approximate surface area is 192 Å². The Morgan fingerprint density at radius 2 is 1.79 bits per heavy atom. The normalized spacial score (nSPS) is 10.3. The summed E-state index contributed by atoms with van der Waals surface area (Å²) in [5.41, 5.74) is 0.662. The largest absolute Gasteiger partial charge is 0.494 e. The average molecular weight is 456 g/mol. The average Bonchev–Trinajstić information content (AvgIpc) is 2.83. The van der Waals surface area contributed by atoms with Crippen molar-refractivity contribution >= 4 is 23.9 Å². The Kier molecular flexibility index (Phi) is 10.5. The van der Waals surface area contributed by atoms with Crippen LogP contribution in [-0.2, 0) is 20.9 Å². The lowest BCUT2D eigenvalue weighted by molar-refractivity contribution is -0.385. The van der Waals surface area contributed by atoms with E-state index < -0.39 is 10.9 Å². The van der Waals surface area contributed by atoms with Crippen LogP contribution in [0.5, 0.6) is 5.75 Å². The third-order valence-electron chi connectivity index (χ3n) is 4.99. The fraction of sp³-hybridized carbons (Fsp3) is 0.375. The maximum Gasteiger partial charge on any atom is 0.325 e. The van der Waals surface area contributed by atoms with Crippen molar-refractivity contribution in [2.24, 2.45) is 0 Å². The highest BCUT2D eigenvalue weighted by Crippen LogP contribution is 2.23. The quantitative estimate of drug-likeness (QED) is 0.139. The van der Waals surface area contributed by atoms with Gasteiger partial charge in [-0.1, -0.05) is 43.2 Å². The van der Waals surface area contributed by atoms with Crippen LogP contribution in [0.3, 0.4) is 0 Å². The summed E-state index contributed by atoms with van der Waals surface area (Å²) in [4.78, 5) is 47.1. The number of aldehydes is 1. The second-order valence-electron chi connectivity index (χ2n) is 7.42. The second kappa shape index (κ2) is 13.6. The van der Waals surface area contributed by atoms with Crippen molar-refractivity contribution in [1.29, 1.82) is 0 Å². The third-order valence-corrected chi connectivity index (χ3v) is 4.99. The van der Waals surface area contributed by atoms with Crippen molar-refractivity contribution in [3.8, 4) is 5.75 Å². The maximum atomic E-state index is 12.6. The molecule has 0 spiro atoms. The summed E-state index contributed by atoms with van der Waals surface area (Å²) in [7, 11) is 1.30. The molecule has 2 aromatic carbocycles. The summed E-state index contributed by atoms with van der Waals surface area (Å²) in [5, 5.41) is 10.9. The Hall–Kier alpha value is -3.75. The molecule has 0 fully saturated rings. The first-order chi connectivity index (χ1) is 15.9. The summed E-state index contributed by atoms with van der Waals surface area (Å²) >= 11 is 0. The number of benzene rings is 2. The number of nitro groups is 1. The molecule has 2 rings (SSSR count). The minimum Gasteiger partial charge on any atom is -0.494 e. The highest BCUT2D eigenvalue weighted by atomic mass is 16.6. The molecule has 0 aliphatic rings. The molecular formula is C24H28N2O7. The molecule has 1 amide bonds. The van der Waals surface area contributed by atoms with Gasteiger partial charge in [-0.2, -0.15) is 0 Å². The van der Waals surface area contributed by atoms with E-state index in [0.29, 0.717) is 38.0 Å². The van der Waals surface area contributed by atoms with Crippen LogP contribution in [0.2, 0.25) is 0 Å². The summed E-state index contributed by atoms with van der Waals surface area (Å²) in [5.74, 6) is -0.162. The third kappa shape index (κ3) is 8.72. The Balaban J connectivity index is 1.72. The number of nitro benzene ring substituents is 1. The molecule has 2 aromatic rings. The van der Waals surface area contributed by atoms with Crippen molar-refractivity contribution in [3.05, 3.63) is 69.8 Å². The molecule has 0 aliphatic heterocycles. The molecule has 0 unspecified atom stereocenters. The van der Waals surface area contributed by atoms with E-state index in [0.717, 1.165) is 24.8 Å². The number of esters is 1. The van der Waals surface area contributed by atoms with E-state index in [-0.39, 0.29) is 23.7 Å². The first-order valence-corrected chi connectivity index (χ1v) is 10.7. The van der Waals surface area contributed by atoms with Crippen molar-refractivity contribution in [2.75, 3.05) is 20.3 Å². The predicted octanol–water partition coefficient (Wildman–Crippen LogP) is 3.94. The standard InChI is InChI=1S/C24H28N2O7/c1-32-24(29)17-25(16-19-9-5-4-6-10-19)23(28)11-7-2-3-8-14-33-21-12-13-22(26(30)31)20(15-21)18-27/h4-6,9-10,12-13,15,18H,2-3,7-8,11,14,16-17H2,1H3. The number of nitrogens with zero attached hydrogens (tertiary/aromatic N) is 2. The minimum atomic E-state index is -0.610. The molecule has 0 N–H and O–H groups in total. The number of hydrogen-bond acceptors (Lipinski definition) is 7. The molecule has 0 aromatic heterocycles. The van der Waals surface area contributed by atoms with Gasteiger partial charge in [0.05, 0.1) is 24.2 Å². The summed E-state index contributed by atoms with van der Waals surface area (Å²) in [6.07, 6.45) is 3.82. The van der Waals surface area contributed by atoms with Crippen LogP contribution in [-0.4, -0.2) is 48.2 Å². The van der Waals surface area contributed by atoms with E-state index in [4.69, 9.17) is 9.47 Å². The molecular weight excluding hydrogens is 428 g/mol. The molecule has 9 heteroatoms. The van der Waals surface area contributed by atoms with Crippen LogP contribution in [0.1, 0.15) is 48.0 Å². The van der Waals surface area contributed by atoms with Crippen LogP contribution in [0.15, 0.2) is 48.5 Å². The number of carbonyl (C=O) groups is 3. The number of ether oxygens (including phenoxy) is 2. The van der Waals surface area contributed by atoms with E-state index in [1.165, 1.54) is 30.2 Å². The number of methoxy groups -OCH3 is 1. The number of hydrogen-bond donors (Lipinski definition) is 0. The van der Waals surface area contributed by atoms with Gasteiger partial charge < -0.3 is 14.4 Å². The molecule has 9 nitrogen and oxygen atoms in total.